The number of nitrogens with one attached hydrogen (secondary N) is 1. The second-order valence-electron chi connectivity index (χ2n) is 6.39. The largest absolute Gasteiger partial charge is 0.451 e. The summed E-state index contributed by atoms with van der Waals surface area (Å²) in [7, 11) is 0. The standard InChI is InChI=1S/C17H24N2O2/c1-12-5-6-14-13(9-12)10-15(21-14)16(20)19-11-17(2,3)7-4-8-18/h5-6,9-10H,4,7-8,11,18H2,1-3H3,(H,19,20). The lowest BCUT2D eigenvalue weighted by Gasteiger charge is -2.24. The summed E-state index contributed by atoms with van der Waals surface area (Å²) in [4.78, 5) is 12.2. The van der Waals surface area contributed by atoms with E-state index in [2.05, 4.69) is 19.2 Å². The quantitative estimate of drug-likeness (QED) is 0.857. The number of carbonyl (C=O) groups is 1. The van der Waals surface area contributed by atoms with Crippen LogP contribution in [0.25, 0.3) is 11.0 Å². The molecule has 2 aromatic rings. The van der Waals surface area contributed by atoms with Gasteiger partial charge in [-0.25, -0.2) is 0 Å². The van der Waals surface area contributed by atoms with Gasteiger partial charge in [-0.1, -0.05) is 25.5 Å². The van der Waals surface area contributed by atoms with E-state index in [1.54, 1.807) is 6.07 Å². The van der Waals surface area contributed by atoms with E-state index in [9.17, 15) is 4.79 Å². The van der Waals surface area contributed by atoms with Crippen molar-refractivity contribution in [3.63, 3.8) is 0 Å². The van der Waals surface area contributed by atoms with Crippen LogP contribution in [0.2, 0.25) is 0 Å². The maximum Gasteiger partial charge on any atom is 0.287 e. The lowest BCUT2D eigenvalue weighted by Crippen LogP contribution is -2.34. The molecule has 1 aromatic carbocycles. The van der Waals surface area contributed by atoms with Crippen molar-refractivity contribution in [2.24, 2.45) is 11.1 Å². The number of aryl methyl sites for hydroxylation is 1. The average Bonchev–Trinajstić information content (AvgIpc) is 2.85. The van der Waals surface area contributed by atoms with E-state index < -0.39 is 0 Å². The van der Waals surface area contributed by atoms with Gasteiger partial charge in [-0.2, -0.15) is 0 Å². The Morgan fingerprint density at radius 1 is 1.33 bits per heavy atom. The van der Waals surface area contributed by atoms with Gasteiger partial charge in [-0.05, 0) is 49.9 Å². The molecule has 2 rings (SSSR count). The summed E-state index contributed by atoms with van der Waals surface area (Å²) in [6.07, 6.45) is 1.95. The monoisotopic (exact) mass is 288 g/mol. The van der Waals surface area contributed by atoms with Gasteiger partial charge in [0.2, 0.25) is 0 Å². The van der Waals surface area contributed by atoms with Gasteiger partial charge >= 0.3 is 0 Å². The van der Waals surface area contributed by atoms with Crippen molar-refractivity contribution in [2.45, 2.75) is 33.6 Å². The average molecular weight is 288 g/mol. The van der Waals surface area contributed by atoms with E-state index in [0.717, 1.165) is 29.4 Å². The smallest absolute Gasteiger partial charge is 0.287 e. The topological polar surface area (TPSA) is 68.3 Å². The maximum atomic E-state index is 12.2. The first-order valence-electron chi connectivity index (χ1n) is 7.40. The molecule has 114 valence electrons. The van der Waals surface area contributed by atoms with Gasteiger partial charge in [0.05, 0.1) is 0 Å². The number of fused-ring (bicyclic) bond motifs is 1. The number of hydrogen-bond donors (Lipinski definition) is 2. The Morgan fingerprint density at radius 3 is 2.81 bits per heavy atom. The Labute approximate surface area is 125 Å². The molecule has 4 nitrogen and oxygen atoms in total. The Bertz CT molecular complexity index is 629. The van der Waals surface area contributed by atoms with E-state index in [1.807, 2.05) is 25.1 Å². The van der Waals surface area contributed by atoms with Crippen LogP contribution < -0.4 is 11.1 Å². The molecule has 0 bridgehead atoms. The normalized spacial score (nSPS) is 11.8. The summed E-state index contributed by atoms with van der Waals surface area (Å²) >= 11 is 0. The predicted molar refractivity (Wildman–Crippen MR) is 85.4 cm³/mol. The van der Waals surface area contributed by atoms with Crippen LogP contribution in [0.15, 0.2) is 28.7 Å². The molecule has 0 unspecified atom stereocenters. The summed E-state index contributed by atoms with van der Waals surface area (Å²) < 4.78 is 5.60. The summed E-state index contributed by atoms with van der Waals surface area (Å²) in [6, 6.07) is 7.68. The number of nitrogens with two attached hydrogens (primary N) is 1. The van der Waals surface area contributed by atoms with Crippen LogP contribution >= 0.6 is 0 Å². The minimum Gasteiger partial charge on any atom is -0.451 e. The van der Waals surface area contributed by atoms with Crippen LogP contribution in [-0.4, -0.2) is 19.0 Å². The van der Waals surface area contributed by atoms with Crippen LogP contribution in [-0.2, 0) is 0 Å². The highest BCUT2D eigenvalue weighted by molar-refractivity contribution is 5.96. The molecule has 0 fully saturated rings. The van der Waals surface area contributed by atoms with Gasteiger partial charge in [-0.3, -0.25) is 4.79 Å². The highest BCUT2D eigenvalue weighted by Gasteiger charge is 2.20. The molecule has 0 aliphatic heterocycles. The van der Waals surface area contributed by atoms with Gasteiger partial charge in [0, 0.05) is 11.9 Å². The molecule has 1 amide bonds. The zero-order valence-electron chi connectivity index (χ0n) is 13.0. The van der Waals surface area contributed by atoms with Crippen LogP contribution in [0.5, 0.6) is 0 Å². The molecular formula is C17H24N2O2. The molecule has 21 heavy (non-hydrogen) atoms. The Balaban J connectivity index is 2.02. The van der Waals surface area contributed by atoms with Crippen molar-refractivity contribution in [2.75, 3.05) is 13.1 Å². The SMILES string of the molecule is Cc1ccc2oc(C(=O)NCC(C)(C)CCCN)cc2c1. The van der Waals surface area contributed by atoms with Crippen molar-refractivity contribution in [3.8, 4) is 0 Å². The fourth-order valence-electron chi connectivity index (χ4n) is 2.35. The molecule has 4 heteroatoms. The highest BCUT2D eigenvalue weighted by atomic mass is 16.3. The third-order valence-corrected chi connectivity index (χ3v) is 3.68. The second kappa shape index (κ2) is 6.31. The van der Waals surface area contributed by atoms with E-state index in [4.69, 9.17) is 10.2 Å². The summed E-state index contributed by atoms with van der Waals surface area (Å²) in [5.74, 6) is 0.204. The van der Waals surface area contributed by atoms with Gasteiger partial charge in [-0.15, -0.1) is 0 Å². The van der Waals surface area contributed by atoms with E-state index in [1.165, 1.54) is 0 Å². The molecule has 0 atom stereocenters. The van der Waals surface area contributed by atoms with Crippen molar-refractivity contribution < 1.29 is 9.21 Å². The van der Waals surface area contributed by atoms with Crippen LogP contribution in [0.1, 0.15) is 42.8 Å². The second-order valence-corrected chi connectivity index (χ2v) is 6.39. The zero-order chi connectivity index (χ0) is 15.5. The molecule has 0 spiro atoms. The molecule has 3 N–H and O–H groups in total. The van der Waals surface area contributed by atoms with E-state index in [0.29, 0.717) is 18.8 Å². The minimum atomic E-state index is -0.162. The van der Waals surface area contributed by atoms with Crippen molar-refractivity contribution in [3.05, 3.63) is 35.6 Å². The van der Waals surface area contributed by atoms with Gasteiger partial charge < -0.3 is 15.5 Å². The summed E-state index contributed by atoms with van der Waals surface area (Å²) in [6.45, 7) is 7.57. The van der Waals surface area contributed by atoms with Crippen LogP contribution in [0.4, 0.5) is 0 Å². The predicted octanol–water partition coefficient (Wildman–Crippen LogP) is 3.24. The fourth-order valence-corrected chi connectivity index (χ4v) is 2.35. The number of carbonyl (C=O) groups excluding carboxylic acids is 1. The van der Waals surface area contributed by atoms with E-state index >= 15 is 0 Å². The Hall–Kier alpha value is -1.81. The molecule has 0 aliphatic carbocycles. The zero-order valence-corrected chi connectivity index (χ0v) is 13.0. The van der Waals surface area contributed by atoms with Gasteiger partial charge in [0.25, 0.3) is 5.91 Å². The molecule has 0 saturated heterocycles. The Kier molecular flexibility index (Phi) is 4.68. The first-order chi connectivity index (χ1) is 9.91. The van der Waals surface area contributed by atoms with E-state index in [-0.39, 0.29) is 11.3 Å². The Morgan fingerprint density at radius 2 is 2.10 bits per heavy atom. The summed E-state index contributed by atoms with van der Waals surface area (Å²) in [5, 5.41) is 3.91. The lowest BCUT2D eigenvalue weighted by molar-refractivity contribution is 0.0908. The molecular weight excluding hydrogens is 264 g/mol. The molecule has 1 heterocycles. The fraction of sp³-hybridized carbons (Fsp3) is 0.471. The molecule has 1 aromatic heterocycles. The molecule has 0 saturated carbocycles. The number of hydrogen-bond acceptors (Lipinski definition) is 3. The third kappa shape index (κ3) is 4.08. The maximum absolute atomic E-state index is 12.2. The third-order valence-electron chi connectivity index (χ3n) is 3.68. The number of amides is 1. The lowest BCUT2D eigenvalue weighted by atomic mass is 9.88. The highest BCUT2D eigenvalue weighted by Crippen LogP contribution is 2.22. The first kappa shape index (κ1) is 15.6. The molecule has 0 radical (unpaired) electrons. The van der Waals surface area contributed by atoms with Gasteiger partial charge in [0.1, 0.15) is 5.58 Å². The summed E-state index contributed by atoms with van der Waals surface area (Å²) in [5.41, 5.74) is 7.47. The van der Waals surface area contributed by atoms with Crippen LogP contribution in [0, 0.1) is 12.3 Å². The molecule has 0 aliphatic rings. The first-order valence-corrected chi connectivity index (χ1v) is 7.40. The van der Waals surface area contributed by atoms with Crippen molar-refractivity contribution in [1.82, 2.24) is 5.32 Å². The number of rotatable bonds is 6. The number of benzene rings is 1. The van der Waals surface area contributed by atoms with Gasteiger partial charge in [0.15, 0.2) is 5.76 Å². The van der Waals surface area contributed by atoms with Crippen molar-refractivity contribution >= 4 is 16.9 Å². The van der Waals surface area contributed by atoms with Crippen LogP contribution in [0.3, 0.4) is 0 Å². The van der Waals surface area contributed by atoms with Crippen molar-refractivity contribution in [1.29, 1.82) is 0 Å². The number of furan rings is 1. The minimum absolute atomic E-state index is 0.0393.